The van der Waals surface area contributed by atoms with Gasteiger partial charge in [0, 0.05) is 24.7 Å². The number of nitrogens with zero attached hydrogens (tertiary/aromatic N) is 1. The van der Waals surface area contributed by atoms with E-state index in [2.05, 4.69) is 17.1 Å². The van der Waals surface area contributed by atoms with Crippen molar-refractivity contribution < 1.29 is 9.90 Å². The van der Waals surface area contributed by atoms with E-state index in [-0.39, 0.29) is 18.7 Å². The Balaban J connectivity index is 1.86. The van der Waals surface area contributed by atoms with Crippen LogP contribution in [0.5, 0.6) is 0 Å². The molecule has 0 aromatic heterocycles. The van der Waals surface area contributed by atoms with Crippen molar-refractivity contribution in [3.8, 4) is 0 Å². The van der Waals surface area contributed by atoms with Gasteiger partial charge in [-0.1, -0.05) is 6.92 Å². The van der Waals surface area contributed by atoms with Gasteiger partial charge in [-0.3, -0.25) is 0 Å². The van der Waals surface area contributed by atoms with E-state index in [1.165, 1.54) is 25.7 Å². The topological polar surface area (TPSA) is 52.6 Å². The summed E-state index contributed by atoms with van der Waals surface area (Å²) in [5.41, 5.74) is 0. The highest BCUT2D eigenvalue weighted by Gasteiger charge is 2.38. The van der Waals surface area contributed by atoms with E-state index in [9.17, 15) is 4.79 Å². The Morgan fingerprint density at radius 2 is 1.75 bits per heavy atom. The highest BCUT2D eigenvalue weighted by molar-refractivity contribution is 5.75. The lowest BCUT2D eigenvalue weighted by molar-refractivity contribution is 0.137. The van der Waals surface area contributed by atoms with E-state index in [1.807, 2.05) is 6.92 Å². The van der Waals surface area contributed by atoms with Crippen LogP contribution < -0.4 is 5.32 Å². The number of carbonyl (C=O) groups excluding carboxylic acids is 1. The zero-order chi connectivity index (χ0) is 14.5. The zero-order valence-electron chi connectivity index (χ0n) is 13.0. The van der Waals surface area contributed by atoms with E-state index in [4.69, 9.17) is 5.11 Å². The molecule has 1 atom stereocenters. The van der Waals surface area contributed by atoms with Crippen molar-refractivity contribution in [3.63, 3.8) is 0 Å². The third-order valence-electron chi connectivity index (χ3n) is 4.72. The van der Waals surface area contributed by atoms with Crippen LogP contribution >= 0.6 is 0 Å². The molecule has 0 spiro atoms. The Morgan fingerprint density at radius 1 is 1.20 bits per heavy atom. The molecule has 1 unspecified atom stereocenters. The molecule has 2 aliphatic carbocycles. The Morgan fingerprint density at radius 3 is 2.25 bits per heavy atom. The second-order valence-electron chi connectivity index (χ2n) is 6.77. The minimum absolute atomic E-state index is 0.123. The van der Waals surface area contributed by atoms with Gasteiger partial charge < -0.3 is 15.3 Å². The lowest BCUT2D eigenvalue weighted by Crippen LogP contribution is -2.50. The Labute approximate surface area is 122 Å². The molecule has 2 rings (SSSR count). The number of urea groups is 1. The third-order valence-corrected chi connectivity index (χ3v) is 4.72. The highest BCUT2D eigenvalue weighted by atomic mass is 16.3. The van der Waals surface area contributed by atoms with Gasteiger partial charge in [0.1, 0.15) is 0 Å². The summed E-state index contributed by atoms with van der Waals surface area (Å²) in [4.78, 5) is 14.7. The summed E-state index contributed by atoms with van der Waals surface area (Å²) >= 11 is 0. The van der Waals surface area contributed by atoms with Crippen LogP contribution in [0.25, 0.3) is 0 Å². The standard InChI is InChI=1S/C16H30N2O2/c1-12-5-7-14(8-6-12)18(15-9-10-15)16(20)17-13(2)4-3-11-19/h12-15,19H,3-11H2,1-2H3,(H,17,20). The Hall–Kier alpha value is -0.770. The van der Waals surface area contributed by atoms with Gasteiger partial charge in [0.2, 0.25) is 0 Å². The summed E-state index contributed by atoms with van der Waals surface area (Å²) in [7, 11) is 0. The van der Waals surface area contributed by atoms with Gasteiger partial charge in [-0.25, -0.2) is 4.79 Å². The molecule has 0 heterocycles. The molecular formula is C16H30N2O2. The monoisotopic (exact) mass is 282 g/mol. The molecule has 2 aliphatic rings. The largest absolute Gasteiger partial charge is 0.396 e. The number of hydrogen-bond donors (Lipinski definition) is 2. The second kappa shape index (κ2) is 7.30. The Bertz CT molecular complexity index is 310. The van der Waals surface area contributed by atoms with Crippen LogP contribution in [0.15, 0.2) is 0 Å². The minimum Gasteiger partial charge on any atom is -0.396 e. The van der Waals surface area contributed by atoms with Gasteiger partial charge in [0.05, 0.1) is 0 Å². The van der Waals surface area contributed by atoms with E-state index in [0.29, 0.717) is 12.1 Å². The number of hydrogen-bond acceptors (Lipinski definition) is 2. The van der Waals surface area contributed by atoms with Crippen LogP contribution in [-0.2, 0) is 0 Å². The summed E-state index contributed by atoms with van der Waals surface area (Å²) in [6.45, 7) is 4.55. The quantitative estimate of drug-likeness (QED) is 0.787. The molecule has 2 saturated carbocycles. The molecular weight excluding hydrogens is 252 g/mol. The molecule has 116 valence electrons. The summed E-state index contributed by atoms with van der Waals surface area (Å²) in [6, 6.07) is 1.21. The summed E-state index contributed by atoms with van der Waals surface area (Å²) in [5.74, 6) is 0.818. The van der Waals surface area contributed by atoms with Crippen LogP contribution in [-0.4, -0.2) is 40.8 Å². The molecule has 4 nitrogen and oxygen atoms in total. The van der Waals surface area contributed by atoms with Crippen LogP contribution in [0.2, 0.25) is 0 Å². The van der Waals surface area contributed by atoms with Crippen LogP contribution in [0.4, 0.5) is 4.79 Å². The average Bonchev–Trinajstić information content (AvgIpc) is 3.23. The van der Waals surface area contributed by atoms with Gasteiger partial charge >= 0.3 is 6.03 Å². The van der Waals surface area contributed by atoms with Gasteiger partial charge in [-0.2, -0.15) is 0 Å². The van der Waals surface area contributed by atoms with Crippen molar-refractivity contribution in [2.24, 2.45) is 5.92 Å². The smallest absolute Gasteiger partial charge is 0.318 e. The van der Waals surface area contributed by atoms with E-state index in [1.54, 1.807) is 0 Å². The second-order valence-corrected chi connectivity index (χ2v) is 6.77. The lowest BCUT2D eigenvalue weighted by atomic mass is 9.86. The first-order valence-corrected chi connectivity index (χ1v) is 8.31. The molecule has 2 N–H and O–H groups in total. The summed E-state index contributed by atoms with van der Waals surface area (Å²) < 4.78 is 0. The maximum Gasteiger partial charge on any atom is 0.318 e. The fourth-order valence-corrected chi connectivity index (χ4v) is 3.26. The molecule has 2 fully saturated rings. The van der Waals surface area contributed by atoms with Crippen molar-refractivity contribution in [3.05, 3.63) is 0 Å². The molecule has 0 aromatic rings. The van der Waals surface area contributed by atoms with Crippen molar-refractivity contribution in [2.75, 3.05) is 6.61 Å². The summed E-state index contributed by atoms with van der Waals surface area (Å²) in [5, 5.41) is 12.0. The number of amides is 2. The van der Waals surface area contributed by atoms with Crippen molar-refractivity contribution in [1.82, 2.24) is 10.2 Å². The molecule has 20 heavy (non-hydrogen) atoms. The maximum atomic E-state index is 12.5. The first-order chi connectivity index (χ1) is 9.61. The predicted octanol–water partition coefficient (Wildman–Crippen LogP) is 2.90. The van der Waals surface area contributed by atoms with E-state index >= 15 is 0 Å². The first-order valence-electron chi connectivity index (χ1n) is 8.31. The zero-order valence-corrected chi connectivity index (χ0v) is 13.0. The molecule has 4 heteroatoms. The highest BCUT2D eigenvalue weighted by Crippen LogP contribution is 2.35. The van der Waals surface area contributed by atoms with Crippen molar-refractivity contribution in [1.29, 1.82) is 0 Å². The number of rotatable bonds is 6. The molecule has 0 bridgehead atoms. The molecule has 0 saturated heterocycles. The number of aliphatic hydroxyl groups is 1. The molecule has 0 radical (unpaired) electrons. The maximum absolute atomic E-state index is 12.5. The number of carbonyl (C=O) groups is 1. The van der Waals surface area contributed by atoms with E-state index < -0.39 is 0 Å². The molecule has 0 aliphatic heterocycles. The van der Waals surface area contributed by atoms with Gasteiger partial charge in [0.25, 0.3) is 0 Å². The van der Waals surface area contributed by atoms with Gasteiger partial charge in [0.15, 0.2) is 0 Å². The third kappa shape index (κ3) is 4.37. The molecule has 0 aromatic carbocycles. The lowest BCUT2D eigenvalue weighted by Gasteiger charge is -2.37. The normalized spacial score (nSPS) is 27.9. The van der Waals surface area contributed by atoms with Gasteiger partial charge in [-0.15, -0.1) is 0 Å². The van der Waals surface area contributed by atoms with Crippen LogP contribution in [0, 0.1) is 5.92 Å². The average molecular weight is 282 g/mol. The van der Waals surface area contributed by atoms with Crippen molar-refractivity contribution >= 4 is 6.03 Å². The summed E-state index contributed by atoms with van der Waals surface area (Å²) in [6.07, 6.45) is 8.78. The first kappa shape index (κ1) is 15.6. The number of aliphatic hydroxyl groups excluding tert-OH is 1. The predicted molar refractivity (Wildman–Crippen MR) is 80.6 cm³/mol. The molecule has 2 amide bonds. The SMILES string of the molecule is CC1CCC(N(C(=O)NC(C)CCCO)C2CC2)CC1. The number of nitrogens with one attached hydrogen (secondary N) is 1. The van der Waals surface area contributed by atoms with Gasteiger partial charge in [-0.05, 0) is 64.2 Å². The van der Waals surface area contributed by atoms with Crippen LogP contribution in [0.1, 0.15) is 65.2 Å². The van der Waals surface area contributed by atoms with E-state index in [0.717, 1.165) is 31.6 Å². The van der Waals surface area contributed by atoms with Crippen LogP contribution in [0.3, 0.4) is 0 Å². The minimum atomic E-state index is 0.123. The fourth-order valence-electron chi connectivity index (χ4n) is 3.26. The Kier molecular flexibility index (Phi) is 5.70. The fraction of sp³-hybridized carbons (Fsp3) is 0.938. The van der Waals surface area contributed by atoms with Crippen molar-refractivity contribution in [2.45, 2.75) is 83.3 Å².